The van der Waals surface area contributed by atoms with Gasteiger partial charge in [-0.1, -0.05) is 42.5 Å². The van der Waals surface area contributed by atoms with Crippen LogP contribution in [0.1, 0.15) is 17.2 Å². The van der Waals surface area contributed by atoms with Crippen molar-refractivity contribution in [2.75, 3.05) is 31.9 Å². The molecule has 0 amide bonds. The largest absolute Gasteiger partial charge is 0.399 e. The average molecular weight is 281 g/mol. The van der Waals surface area contributed by atoms with Crippen molar-refractivity contribution < 1.29 is 0 Å². The fraction of sp³-hybridized carbons (Fsp3) is 0.333. The van der Waals surface area contributed by atoms with Crippen LogP contribution >= 0.6 is 0 Å². The van der Waals surface area contributed by atoms with Crippen molar-refractivity contribution in [2.24, 2.45) is 0 Å². The Bertz CT molecular complexity index is 544. The first-order valence-electron chi connectivity index (χ1n) is 7.67. The van der Waals surface area contributed by atoms with Crippen LogP contribution < -0.4 is 11.1 Å². The van der Waals surface area contributed by atoms with Crippen LogP contribution in [0, 0.1) is 0 Å². The summed E-state index contributed by atoms with van der Waals surface area (Å²) >= 11 is 0. The van der Waals surface area contributed by atoms with E-state index in [9.17, 15) is 0 Å². The molecule has 1 heterocycles. The molecule has 1 fully saturated rings. The highest BCUT2D eigenvalue weighted by atomic mass is 15.2. The molecule has 0 radical (unpaired) electrons. The maximum Gasteiger partial charge on any atom is 0.0389 e. The Hall–Kier alpha value is -1.84. The number of nitrogens with one attached hydrogen (secondary N) is 1. The van der Waals surface area contributed by atoms with Gasteiger partial charge in [0.1, 0.15) is 0 Å². The third kappa shape index (κ3) is 3.63. The van der Waals surface area contributed by atoms with E-state index in [4.69, 9.17) is 5.73 Å². The molecule has 1 saturated heterocycles. The van der Waals surface area contributed by atoms with Crippen LogP contribution in [0.5, 0.6) is 0 Å². The monoisotopic (exact) mass is 281 g/mol. The number of piperazine rings is 1. The molecule has 3 N–H and O–H groups in total. The molecule has 1 atom stereocenters. The van der Waals surface area contributed by atoms with Crippen LogP contribution in [-0.2, 0) is 6.42 Å². The number of hydrogen-bond donors (Lipinski definition) is 2. The summed E-state index contributed by atoms with van der Waals surface area (Å²) in [6.45, 7) is 4.34. The van der Waals surface area contributed by atoms with E-state index in [-0.39, 0.29) is 0 Å². The lowest BCUT2D eigenvalue weighted by molar-refractivity contribution is 0.172. The summed E-state index contributed by atoms with van der Waals surface area (Å²) < 4.78 is 0. The Kier molecular flexibility index (Phi) is 4.53. The minimum atomic E-state index is 0.426. The van der Waals surface area contributed by atoms with E-state index in [1.165, 1.54) is 11.1 Å². The van der Waals surface area contributed by atoms with Crippen molar-refractivity contribution in [3.8, 4) is 0 Å². The fourth-order valence-electron chi connectivity index (χ4n) is 3.01. The van der Waals surface area contributed by atoms with E-state index in [0.29, 0.717) is 6.04 Å². The van der Waals surface area contributed by atoms with Crippen molar-refractivity contribution in [3.05, 3.63) is 65.7 Å². The summed E-state index contributed by atoms with van der Waals surface area (Å²) in [5, 5.41) is 3.43. The number of benzene rings is 2. The maximum atomic E-state index is 5.83. The third-order valence-electron chi connectivity index (χ3n) is 4.19. The molecule has 3 rings (SSSR count). The Balaban J connectivity index is 1.84. The van der Waals surface area contributed by atoms with Gasteiger partial charge in [-0.3, -0.25) is 4.90 Å². The highest BCUT2D eigenvalue weighted by molar-refractivity contribution is 5.40. The van der Waals surface area contributed by atoms with E-state index >= 15 is 0 Å². The molecule has 0 saturated carbocycles. The Labute approximate surface area is 126 Å². The van der Waals surface area contributed by atoms with Crippen LogP contribution in [0.4, 0.5) is 5.69 Å². The smallest absolute Gasteiger partial charge is 0.0389 e. The summed E-state index contributed by atoms with van der Waals surface area (Å²) in [7, 11) is 0. The van der Waals surface area contributed by atoms with Crippen molar-refractivity contribution >= 4 is 5.69 Å². The van der Waals surface area contributed by atoms with Gasteiger partial charge in [-0.15, -0.1) is 0 Å². The number of nitrogen functional groups attached to an aromatic ring is 1. The maximum absolute atomic E-state index is 5.83. The summed E-state index contributed by atoms with van der Waals surface area (Å²) in [6, 6.07) is 19.5. The van der Waals surface area contributed by atoms with Gasteiger partial charge in [0.15, 0.2) is 0 Å². The minimum absolute atomic E-state index is 0.426. The van der Waals surface area contributed by atoms with Gasteiger partial charge >= 0.3 is 0 Å². The van der Waals surface area contributed by atoms with Crippen LogP contribution in [-0.4, -0.2) is 31.1 Å². The molecule has 110 valence electrons. The standard InChI is InChI=1S/C18H23N3/c19-17-8-6-16(7-9-17)18(21-12-10-20-11-13-21)14-15-4-2-1-3-5-15/h1-9,18,20H,10-14,19H2. The molecule has 1 aliphatic rings. The first-order chi connectivity index (χ1) is 10.3. The quantitative estimate of drug-likeness (QED) is 0.846. The Morgan fingerprint density at radius 2 is 1.62 bits per heavy atom. The van der Waals surface area contributed by atoms with Crippen molar-refractivity contribution in [3.63, 3.8) is 0 Å². The first-order valence-corrected chi connectivity index (χ1v) is 7.67. The Morgan fingerprint density at radius 3 is 2.29 bits per heavy atom. The molecule has 1 aliphatic heterocycles. The van der Waals surface area contributed by atoms with Crippen LogP contribution in [0.3, 0.4) is 0 Å². The summed E-state index contributed by atoms with van der Waals surface area (Å²) in [5.74, 6) is 0. The highest BCUT2D eigenvalue weighted by Crippen LogP contribution is 2.26. The topological polar surface area (TPSA) is 41.3 Å². The molecule has 1 unspecified atom stereocenters. The Morgan fingerprint density at radius 1 is 0.952 bits per heavy atom. The predicted octanol–water partition coefficient (Wildman–Crippen LogP) is 2.46. The number of nitrogens with two attached hydrogens (primary N) is 1. The molecule has 0 bridgehead atoms. The van der Waals surface area contributed by atoms with E-state index in [0.717, 1.165) is 38.3 Å². The fourth-order valence-corrected chi connectivity index (χ4v) is 3.01. The zero-order valence-corrected chi connectivity index (χ0v) is 12.3. The van der Waals surface area contributed by atoms with Crippen LogP contribution in [0.15, 0.2) is 54.6 Å². The van der Waals surface area contributed by atoms with Crippen LogP contribution in [0.2, 0.25) is 0 Å². The van der Waals surface area contributed by atoms with Crippen molar-refractivity contribution in [1.29, 1.82) is 0 Å². The second-order valence-corrected chi connectivity index (χ2v) is 5.66. The van der Waals surface area contributed by atoms with Gasteiger partial charge in [0.2, 0.25) is 0 Å². The van der Waals surface area contributed by atoms with Gasteiger partial charge in [0, 0.05) is 37.9 Å². The average Bonchev–Trinajstić information content (AvgIpc) is 2.55. The van der Waals surface area contributed by atoms with Crippen LogP contribution in [0.25, 0.3) is 0 Å². The summed E-state index contributed by atoms with van der Waals surface area (Å²) in [6.07, 6.45) is 1.05. The normalized spacial score (nSPS) is 17.5. The molecule has 3 nitrogen and oxygen atoms in total. The summed E-state index contributed by atoms with van der Waals surface area (Å²) in [5.41, 5.74) is 9.41. The predicted molar refractivity (Wildman–Crippen MR) is 88.2 cm³/mol. The van der Waals surface area contributed by atoms with Gasteiger partial charge in [-0.2, -0.15) is 0 Å². The second-order valence-electron chi connectivity index (χ2n) is 5.66. The molecule has 2 aromatic rings. The molecule has 0 spiro atoms. The molecule has 0 aliphatic carbocycles. The molecular formula is C18H23N3. The molecule has 3 heteroatoms. The van der Waals surface area contributed by atoms with E-state index in [1.807, 2.05) is 12.1 Å². The molecular weight excluding hydrogens is 258 g/mol. The zero-order chi connectivity index (χ0) is 14.5. The summed E-state index contributed by atoms with van der Waals surface area (Å²) in [4.78, 5) is 2.58. The van der Waals surface area contributed by atoms with E-state index in [1.54, 1.807) is 0 Å². The number of anilines is 1. The third-order valence-corrected chi connectivity index (χ3v) is 4.19. The van der Waals surface area contributed by atoms with Gasteiger partial charge in [0.25, 0.3) is 0 Å². The second kappa shape index (κ2) is 6.74. The van der Waals surface area contributed by atoms with Crippen molar-refractivity contribution in [1.82, 2.24) is 10.2 Å². The lowest BCUT2D eigenvalue weighted by atomic mass is 9.96. The van der Waals surface area contributed by atoms with Gasteiger partial charge in [0.05, 0.1) is 0 Å². The lowest BCUT2D eigenvalue weighted by Crippen LogP contribution is -2.45. The van der Waals surface area contributed by atoms with Crippen molar-refractivity contribution in [2.45, 2.75) is 12.5 Å². The van der Waals surface area contributed by atoms with Gasteiger partial charge in [-0.05, 0) is 29.7 Å². The SMILES string of the molecule is Nc1ccc(C(Cc2ccccc2)N2CCNCC2)cc1. The van der Waals surface area contributed by atoms with Gasteiger partial charge in [-0.25, -0.2) is 0 Å². The number of rotatable bonds is 4. The first kappa shape index (κ1) is 14.1. The van der Waals surface area contributed by atoms with E-state index < -0.39 is 0 Å². The lowest BCUT2D eigenvalue weighted by Gasteiger charge is -2.35. The molecule has 2 aromatic carbocycles. The van der Waals surface area contributed by atoms with Gasteiger partial charge < -0.3 is 11.1 Å². The molecule has 0 aromatic heterocycles. The molecule has 21 heavy (non-hydrogen) atoms. The zero-order valence-electron chi connectivity index (χ0n) is 12.3. The highest BCUT2D eigenvalue weighted by Gasteiger charge is 2.22. The van der Waals surface area contributed by atoms with E-state index in [2.05, 4.69) is 52.7 Å². The minimum Gasteiger partial charge on any atom is -0.399 e. The number of hydrogen-bond acceptors (Lipinski definition) is 3. The number of nitrogens with zero attached hydrogens (tertiary/aromatic N) is 1.